The molecule has 0 bridgehead atoms. The van der Waals surface area contributed by atoms with E-state index in [1.165, 1.54) is 0 Å². The van der Waals surface area contributed by atoms with Crippen molar-refractivity contribution in [1.82, 2.24) is 0 Å². The van der Waals surface area contributed by atoms with E-state index in [-0.39, 0.29) is 6.03 Å². The van der Waals surface area contributed by atoms with Gasteiger partial charge in [0, 0.05) is 11.4 Å². The molecule has 0 fully saturated rings. The first-order valence-electron chi connectivity index (χ1n) is 8.38. The Kier molecular flexibility index (Phi) is 4.80. The molecule has 3 heteroatoms. The van der Waals surface area contributed by atoms with Crippen LogP contribution in [0.2, 0.25) is 0 Å². The molecule has 2 amide bonds. The van der Waals surface area contributed by atoms with Crippen LogP contribution in [0.4, 0.5) is 16.2 Å². The summed E-state index contributed by atoms with van der Waals surface area (Å²) in [4.78, 5) is 12.4. The molecule has 3 aromatic rings. The summed E-state index contributed by atoms with van der Waals surface area (Å²) >= 11 is 0. The number of fused-ring (bicyclic) bond motifs is 1. The average molecular weight is 318 g/mol. The zero-order valence-electron chi connectivity index (χ0n) is 14.1. The first-order chi connectivity index (χ1) is 11.7. The van der Waals surface area contributed by atoms with E-state index in [1.807, 2.05) is 42.5 Å². The molecule has 0 aliphatic heterocycles. The number of urea groups is 1. The zero-order chi connectivity index (χ0) is 16.9. The smallest absolute Gasteiger partial charge is 0.308 e. The first kappa shape index (κ1) is 16.1. The van der Waals surface area contributed by atoms with E-state index in [4.69, 9.17) is 0 Å². The van der Waals surface area contributed by atoms with Gasteiger partial charge in [0.05, 0.1) is 0 Å². The SMILES string of the molecule is CCc1cccc(CC)c1NC(=O)Nc1ccc2ccccc2c1. The van der Waals surface area contributed by atoms with Crippen LogP contribution < -0.4 is 10.6 Å². The molecule has 2 N–H and O–H groups in total. The van der Waals surface area contributed by atoms with Crippen molar-refractivity contribution >= 4 is 28.2 Å². The molecule has 0 saturated carbocycles. The predicted octanol–water partition coefficient (Wildman–Crippen LogP) is 5.61. The summed E-state index contributed by atoms with van der Waals surface area (Å²) in [6.07, 6.45) is 1.78. The fourth-order valence-electron chi connectivity index (χ4n) is 2.95. The van der Waals surface area contributed by atoms with Crippen molar-refractivity contribution in [2.75, 3.05) is 10.6 Å². The van der Waals surface area contributed by atoms with Gasteiger partial charge in [-0.2, -0.15) is 0 Å². The van der Waals surface area contributed by atoms with E-state index >= 15 is 0 Å². The summed E-state index contributed by atoms with van der Waals surface area (Å²) in [6, 6.07) is 20.0. The van der Waals surface area contributed by atoms with Crippen molar-refractivity contribution in [3.63, 3.8) is 0 Å². The fourth-order valence-corrected chi connectivity index (χ4v) is 2.95. The molecule has 0 aliphatic rings. The number of aryl methyl sites for hydroxylation is 2. The molecule has 0 unspecified atom stereocenters. The van der Waals surface area contributed by atoms with Crippen molar-refractivity contribution < 1.29 is 4.79 Å². The van der Waals surface area contributed by atoms with Gasteiger partial charge < -0.3 is 10.6 Å². The molecule has 0 spiro atoms. The van der Waals surface area contributed by atoms with E-state index < -0.39 is 0 Å². The molecule has 3 aromatic carbocycles. The quantitative estimate of drug-likeness (QED) is 0.645. The Hall–Kier alpha value is -2.81. The number of para-hydroxylation sites is 1. The lowest BCUT2D eigenvalue weighted by Crippen LogP contribution is -2.21. The highest BCUT2D eigenvalue weighted by Gasteiger charge is 2.10. The molecule has 3 nitrogen and oxygen atoms in total. The van der Waals surface area contributed by atoms with Crippen LogP contribution in [0.3, 0.4) is 0 Å². The highest BCUT2D eigenvalue weighted by molar-refractivity contribution is 6.02. The van der Waals surface area contributed by atoms with Gasteiger partial charge in [-0.05, 0) is 46.9 Å². The lowest BCUT2D eigenvalue weighted by atomic mass is 10.0. The Morgan fingerprint density at radius 2 is 1.46 bits per heavy atom. The van der Waals surface area contributed by atoms with Crippen LogP contribution >= 0.6 is 0 Å². The van der Waals surface area contributed by atoms with E-state index in [0.29, 0.717) is 0 Å². The Balaban J connectivity index is 1.80. The van der Waals surface area contributed by atoms with Gasteiger partial charge in [0.2, 0.25) is 0 Å². The third-order valence-corrected chi connectivity index (χ3v) is 4.24. The number of rotatable bonds is 4. The lowest BCUT2D eigenvalue weighted by molar-refractivity contribution is 0.262. The second kappa shape index (κ2) is 7.18. The minimum Gasteiger partial charge on any atom is -0.308 e. The van der Waals surface area contributed by atoms with Crippen molar-refractivity contribution in [1.29, 1.82) is 0 Å². The van der Waals surface area contributed by atoms with Crippen LogP contribution in [-0.4, -0.2) is 6.03 Å². The predicted molar refractivity (Wildman–Crippen MR) is 102 cm³/mol. The second-order valence-corrected chi connectivity index (χ2v) is 5.80. The van der Waals surface area contributed by atoms with Gasteiger partial charge in [-0.25, -0.2) is 4.79 Å². The number of hydrogen-bond acceptors (Lipinski definition) is 1. The summed E-state index contributed by atoms with van der Waals surface area (Å²) < 4.78 is 0. The third kappa shape index (κ3) is 3.40. The van der Waals surface area contributed by atoms with Gasteiger partial charge in [0.15, 0.2) is 0 Å². The number of carbonyl (C=O) groups excluding carboxylic acids is 1. The van der Waals surface area contributed by atoms with Crippen molar-refractivity contribution in [2.45, 2.75) is 26.7 Å². The average Bonchev–Trinajstić information content (AvgIpc) is 2.61. The molecule has 0 saturated heterocycles. The van der Waals surface area contributed by atoms with Gasteiger partial charge in [-0.15, -0.1) is 0 Å². The second-order valence-electron chi connectivity index (χ2n) is 5.80. The molecule has 0 aliphatic carbocycles. The summed E-state index contributed by atoms with van der Waals surface area (Å²) in [6.45, 7) is 4.20. The molecule has 3 rings (SSSR count). The van der Waals surface area contributed by atoms with Crippen LogP contribution in [0.25, 0.3) is 10.8 Å². The van der Waals surface area contributed by atoms with Crippen LogP contribution in [-0.2, 0) is 12.8 Å². The summed E-state index contributed by atoms with van der Waals surface area (Å²) in [5, 5.41) is 8.23. The maximum absolute atomic E-state index is 12.4. The molecule has 122 valence electrons. The van der Waals surface area contributed by atoms with Gasteiger partial charge in [-0.1, -0.05) is 62.4 Å². The van der Waals surface area contributed by atoms with Crippen LogP contribution in [0.5, 0.6) is 0 Å². The normalized spacial score (nSPS) is 10.6. The molecule has 0 heterocycles. The molecule has 0 radical (unpaired) electrons. The Morgan fingerprint density at radius 3 is 2.12 bits per heavy atom. The van der Waals surface area contributed by atoms with E-state index in [2.05, 4.69) is 42.7 Å². The molecular formula is C21H22N2O. The maximum Gasteiger partial charge on any atom is 0.323 e. The van der Waals surface area contributed by atoms with Gasteiger partial charge >= 0.3 is 6.03 Å². The third-order valence-electron chi connectivity index (χ3n) is 4.24. The summed E-state index contributed by atoms with van der Waals surface area (Å²) in [7, 11) is 0. The van der Waals surface area contributed by atoms with Crippen molar-refractivity contribution in [3.05, 3.63) is 71.8 Å². The summed E-state index contributed by atoms with van der Waals surface area (Å²) in [5.74, 6) is 0. The number of hydrogen-bond donors (Lipinski definition) is 2. The van der Waals surface area contributed by atoms with Crippen LogP contribution in [0.1, 0.15) is 25.0 Å². The minimum absolute atomic E-state index is 0.208. The Labute approximate surface area is 142 Å². The van der Waals surface area contributed by atoms with Gasteiger partial charge in [0.1, 0.15) is 0 Å². The lowest BCUT2D eigenvalue weighted by Gasteiger charge is -2.15. The number of nitrogens with one attached hydrogen (secondary N) is 2. The highest BCUT2D eigenvalue weighted by atomic mass is 16.2. The molecule has 0 aromatic heterocycles. The van der Waals surface area contributed by atoms with E-state index in [0.717, 1.165) is 46.1 Å². The Morgan fingerprint density at radius 1 is 0.792 bits per heavy atom. The van der Waals surface area contributed by atoms with E-state index in [9.17, 15) is 4.79 Å². The molecule has 24 heavy (non-hydrogen) atoms. The standard InChI is InChI=1S/C21H22N2O/c1-3-15-10-7-11-16(4-2)20(15)23-21(24)22-19-13-12-17-8-5-6-9-18(17)14-19/h5-14H,3-4H2,1-2H3,(H2,22,23,24). The number of anilines is 2. The molecule has 0 atom stereocenters. The number of carbonyl (C=O) groups is 1. The number of amides is 2. The minimum atomic E-state index is -0.208. The van der Waals surface area contributed by atoms with Crippen LogP contribution in [0, 0.1) is 0 Å². The fraction of sp³-hybridized carbons (Fsp3) is 0.190. The van der Waals surface area contributed by atoms with Gasteiger partial charge in [0.25, 0.3) is 0 Å². The topological polar surface area (TPSA) is 41.1 Å². The molecular weight excluding hydrogens is 296 g/mol. The first-order valence-corrected chi connectivity index (χ1v) is 8.38. The van der Waals surface area contributed by atoms with Crippen LogP contribution in [0.15, 0.2) is 60.7 Å². The zero-order valence-corrected chi connectivity index (χ0v) is 14.1. The van der Waals surface area contributed by atoms with Crippen molar-refractivity contribution in [2.24, 2.45) is 0 Å². The van der Waals surface area contributed by atoms with Crippen molar-refractivity contribution in [3.8, 4) is 0 Å². The number of benzene rings is 3. The monoisotopic (exact) mass is 318 g/mol. The Bertz CT molecular complexity index is 848. The van der Waals surface area contributed by atoms with E-state index in [1.54, 1.807) is 0 Å². The summed E-state index contributed by atoms with van der Waals surface area (Å²) in [5.41, 5.74) is 4.03. The maximum atomic E-state index is 12.4. The highest BCUT2D eigenvalue weighted by Crippen LogP contribution is 2.23. The van der Waals surface area contributed by atoms with Gasteiger partial charge in [-0.3, -0.25) is 0 Å². The largest absolute Gasteiger partial charge is 0.323 e.